The summed E-state index contributed by atoms with van der Waals surface area (Å²) in [5.74, 6) is 1.73. The van der Waals surface area contributed by atoms with Crippen LogP contribution in [0, 0.1) is 12.7 Å². The van der Waals surface area contributed by atoms with Crippen LogP contribution in [0.4, 0.5) is 10.2 Å². The van der Waals surface area contributed by atoms with Gasteiger partial charge in [0.25, 0.3) is 0 Å². The fourth-order valence-corrected chi connectivity index (χ4v) is 4.08. The van der Waals surface area contributed by atoms with Crippen LogP contribution in [-0.2, 0) is 5.41 Å². The first-order chi connectivity index (χ1) is 14.1. The Morgan fingerprint density at radius 3 is 2.60 bits per heavy atom. The van der Waals surface area contributed by atoms with Gasteiger partial charge in [0.2, 0.25) is 0 Å². The molecule has 1 saturated heterocycles. The minimum absolute atomic E-state index is 0. The summed E-state index contributed by atoms with van der Waals surface area (Å²) in [4.78, 5) is 11.3. The van der Waals surface area contributed by atoms with Crippen molar-refractivity contribution >= 4 is 35.8 Å². The molecule has 5 nitrogen and oxygen atoms in total. The van der Waals surface area contributed by atoms with E-state index >= 15 is 0 Å². The first-order valence-corrected chi connectivity index (χ1v) is 10.5. The predicted molar refractivity (Wildman–Crippen MR) is 131 cm³/mol. The van der Waals surface area contributed by atoms with E-state index in [1.165, 1.54) is 11.6 Å². The Morgan fingerprint density at radius 1 is 1.23 bits per heavy atom. The maximum atomic E-state index is 13.6. The van der Waals surface area contributed by atoms with E-state index in [2.05, 4.69) is 44.6 Å². The molecule has 162 valence electrons. The number of piperidine rings is 1. The molecule has 0 atom stereocenters. The lowest BCUT2D eigenvalue weighted by atomic mass is 9.96. The Hall–Kier alpha value is -1.90. The Kier molecular flexibility index (Phi) is 7.55. The number of hydrogen-bond donors (Lipinski definition) is 2. The number of rotatable bonds is 5. The largest absolute Gasteiger partial charge is 0.356 e. The van der Waals surface area contributed by atoms with Gasteiger partial charge in [0.15, 0.2) is 5.96 Å². The second-order valence-electron chi connectivity index (χ2n) is 8.32. The van der Waals surface area contributed by atoms with Gasteiger partial charge in [-0.25, -0.2) is 9.37 Å². The fourth-order valence-electron chi connectivity index (χ4n) is 4.08. The quantitative estimate of drug-likeness (QED) is 0.354. The highest BCUT2D eigenvalue weighted by molar-refractivity contribution is 14.0. The van der Waals surface area contributed by atoms with Gasteiger partial charge in [0.1, 0.15) is 11.6 Å². The third-order valence-corrected chi connectivity index (χ3v) is 6.16. The normalized spacial score (nSPS) is 18.5. The average molecular weight is 523 g/mol. The number of halogens is 2. The first kappa shape index (κ1) is 22.8. The van der Waals surface area contributed by atoms with Crippen molar-refractivity contribution < 1.29 is 4.39 Å². The van der Waals surface area contributed by atoms with Crippen LogP contribution in [0.25, 0.3) is 0 Å². The third-order valence-electron chi connectivity index (χ3n) is 6.16. The molecule has 30 heavy (non-hydrogen) atoms. The van der Waals surface area contributed by atoms with Gasteiger partial charge >= 0.3 is 0 Å². The van der Waals surface area contributed by atoms with E-state index in [9.17, 15) is 4.39 Å². The van der Waals surface area contributed by atoms with Crippen molar-refractivity contribution in [2.75, 3.05) is 31.6 Å². The predicted octanol–water partition coefficient (Wildman–Crippen LogP) is 4.01. The molecule has 1 aromatic carbocycles. The molecule has 2 aromatic rings. The van der Waals surface area contributed by atoms with E-state index < -0.39 is 0 Å². The van der Waals surface area contributed by atoms with Crippen molar-refractivity contribution in [3.05, 3.63) is 59.5 Å². The maximum Gasteiger partial charge on any atom is 0.191 e. The highest BCUT2D eigenvalue weighted by Gasteiger charge is 2.44. The number of guanidine groups is 1. The van der Waals surface area contributed by atoms with Crippen LogP contribution >= 0.6 is 24.0 Å². The Balaban J connectivity index is 0.00000256. The number of aromatic nitrogens is 1. The average Bonchev–Trinajstić information content (AvgIpc) is 3.53. The number of aryl methyl sites for hydroxylation is 1. The lowest BCUT2D eigenvalue weighted by Crippen LogP contribution is -2.50. The summed E-state index contributed by atoms with van der Waals surface area (Å²) in [6, 6.07) is 11.6. The van der Waals surface area contributed by atoms with Crippen LogP contribution in [0.1, 0.15) is 36.8 Å². The molecule has 2 N–H and O–H groups in total. The molecule has 1 aliphatic heterocycles. The summed E-state index contributed by atoms with van der Waals surface area (Å²) in [5, 5.41) is 7.04. The van der Waals surface area contributed by atoms with Gasteiger partial charge in [-0.15, -0.1) is 24.0 Å². The molecule has 0 spiro atoms. The molecule has 7 heteroatoms. The lowest BCUT2D eigenvalue weighted by molar-refractivity contribution is 0.458. The first-order valence-electron chi connectivity index (χ1n) is 10.5. The van der Waals surface area contributed by atoms with Crippen molar-refractivity contribution in [2.45, 2.75) is 44.1 Å². The summed E-state index contributed by atoms with van der Waals surface area (Å²) >= 11 is 0. The topological polar surface area (TPSA) is 52.6 Å². The highest BCUT2D eigenvalue weighted by Crippen LogP contribution is 2.47. The van der Waals surface area contributed by atoms with E-state index in [1.807, 2.05) is 19.3 Å². The number of pyridine rings is 1. The van der Waals surface area contributed by atoms with Crippen LogP contribution in [0.2, 0.25) is 0 Å². The summed E-state index contributed by atoms with van der Waals surface area (Å²) in [6.07, 6.45) is 6.19. The summed E-state index contributed by atoms with van der Waals surface area (Å²) < 4.78 is 13.6. The van der Waals surface area contributed by atoms with Crippen molar-refractivity contribution in [3.63, 3.8) is 0 Å². The van der Waals surface area contributed by atoms with Crippen molar-refractivity contribution in [2.24, 2.45) is 4.99 Å². The van der Waals surface area contributed by atoms with Crippen LogP contribution in [0.3, 0.4) is 0 Å². The fraction of sp³-hybridized carbons (Fsp3) is 0.478. The molecule has 1 saturated carbocycles. The van der Waals surface area contributed by atoms with Crippen LogP contribution in [0.15, 0.2) is 47.6 Å². The highest BCUT2D eigenvalue weighted by atomic mass is 127. The third kappa shape index (κ3) is 5.42. The molecule has 0 amide bonds. The Bertz CT molecular complexity index is 858. The van der Waals surface area contributed by atoms with Gasteiger partial charge in [0, 0.05) is 44.3 Å². The minimum atomic E-state index is -0.161. The van der Waals surface area contributed by atoms with E-state index in [0.717, 1.165) is 62.7 Å². The van der Waals surface area contributed by atoms with Gasteiger partial charge in [0.05, 0.1) is 0 Å². The lowest BCUT2D eigenvalue weighted by Gasteiger charge is -2.34. The summed E-state index contributed by atoms with van der Waals surface area (Å²) in [6.45, 7) is 4.81. The van der Waals surface area contributed by atoms with Gasteiger partial charge in [-0.1, -0.05) is 18.2 Å². The van der Waals surface area contributed by atoms with E-state index in [-0.39, 0.29) is 35.2 Å². The number of hydrogen-bond acceptors (Lipinski definition) is 3. The number of nitrogens with zero attached hydrogens (tertiary/aromatic N) is 3. The number of nitrogens with one attached hydrogen (secondary N) is 2. The molecule has 0 radical (unpaired) electrons. The van der Waals surface area contributed by atoms with E-state index in [1.54, 1.807) is 12.1 Å². The van der Waals surface area contributed by atoms with Gasteiger partial charge in [-0.2, -0.15) is 0 Å². The molecule has 4 rings (SSSR count). The van der Waals surface area contributed by atoms with Crippen molar-refractivity contribution in [1.29, 1.82) is 0 Å². The number of anilines is 1. The smallest absolute Gasteiger partial charge is 0.191 e. The van der Waals surface area contributed by atoms with Crippen molar-refractivity contribution in [1.82, 2.24) is 15.6 Å². The zero-order valence-electron chi connectivity index (χ0n) is 17.7. The van der Waals surface area contributed by atoms with Crippen molar-refractivity contribution in [3.8, 4) is 0 Å². The Labute approximate surface area is 195 Å². The standard InChI is InChI=1S/C23H30FN5.HI/c1-17-6-7-21(26-15-17)29-12-8-20(9-13-29)28-22(25-2)27-16-23(10-11-23)18-4-3-5-19(24)14-18;/h3-7,14-15,20H,8-13,16H2,1-2H3,(H2,25,27,28);1H. The molecule has 2 fully saturated rings. The molecular weight excluding hydrogens is 492 g/mol. The molecule has 1 aromatic heterocycles. The zero-order chi connectivity index (χ0) is 20.3. The molecule has 0 unspecified atom stereocenters. The van der Waals surface area contributed by atoms with Crippen LogP contribution in [0.5, 0.6) is 0 Å². The molecule has 2 heterocycles. The second kappa shape index (κ2) is 9.94. The maximum absolute atomic E-state index is 13.6. The van der Waals surface area contributed by atoms with Crippen LogP contribution < -0.4 is 15.5 Å². The summed E-state index contributed by atoms with van der Waals surface area (Å²) in [7, 11) is 1.81. The van der Waals surface area contributed by atoms with E-state index in [0.29, 0.717) is 6.04 Å². The monoisotopic (exact) mass is 523 g/mol. The van der Waals surface area contributed by atoms with Gasteiger partial charge in [-0.3, -0.25) is 4.99 Å². The number of benzene rings is 1. The molecular formula is C23H31FIN5. The molecule has 0 bridgehead atoms. The van der Waals surface area contributed by atoms with Gasteiger partial charge in [-0.05, 0) is 61.9 Å². The van der Waals surface area contributed by atoms with Gasteiger partial charge < -0.3 is 15.5 Å². The molecule has 1 aliphatic carbocycles. The second-order valence-corrected chi connectivity index (χ2v) is 8.32. The van der Waals surface area contributed by atoms with Crippen LogP contribution in [-0.4, -0.2) is 43.7 Å². The Morgan fingerprint density at radius 2 is 2.00 bits per heavy atom. The summed E-state index contributed by atoms with van der Waals surface area (Å²) in [5.41, 5.74) is 2.31. The van der Waals surface area contributed by atoms with E-state index in [4.69, 9.17) is 0 Å². The SMILES string of the molecule is CN=C(NCC1(c2cccc(F)c2)CC1)NC1CCN(c2ccc(C)cn2)CC1.I. The minimum Gasteiger partial charge on any atom is -0.356 e. The zero-order valence-corrected chi connectivity index (χ0v) is 20.0. The number of aliphatic imine (C=N–C) groups is 1. The molecule has 2 aliphatic rings.